The molecular formula is C22H31N3O4S. The summed E-state index contributed by atoms with van der Waals surface area (Å²) >= 11 is 0. The van der Waals surface area contributed by atoms with E-state index in [4.69, 9.17) is 4.74 Å². The molecule has 1 aromatic heterocycles. The van der Waals surface area contributed by atoms with Gasteiger partial charge in [-0.25, -0.2) is 13.1 Å². The number of piperidine rings is 1. The average molecular weight is 434 g/mol. The Kier molecular flexibility index (Phi) is 6.38. The lowest BCUT2D eigenvalue weighted by molar-refractivity contribution is 0.0817. The van der Waals surface area contributed by atoms with Gasteiger partial charge in [-0.3, -0.25) is 4.79 Å². The van der Waals surface area contributed by atoms with E-state index in [0.717, 1.165) is 23.9 Å². The highest BCUT2D eigenvalue weighted by Gasteiger charge is 2.32. The van der Waals surface area contributed by atoms with E-state index in [1.807, 2.05) is 24.3 Å². The Morgan fingerprint density at radius 3 is 2.23 bits per heavy atom. The summed E-state index contributed by atoms with van der Waals surface area (Å²) in [4.78, 5) is 12.8. The van der Waals surface area contributed by atoms with E-state index in [1.54, 1.807) is 13.8 Å². The molecule has 0 unspecified atom stereocenters. The molecule has 0 radical (unpaired) electrons. The summed E-state index contributed by atoms with van der Waals surface area (Å²) in [5.74, 6) is 0.176. The molecule has 0 bridgehead atoms. The van der Waals surface area contributed by atoms with Gasteiger partial charge >= 0.3 is 0 Å². The topological polar surface area (TPSA) is 81.5 Å². The number of hydrogen-bond donors (Lipinski definition) is 0. The fourth-order valence-corrected chi connectivity index (χ4v) is 5.61. The van der Waals surface area contributed by atoms with E-state index in [9.17, 15) is 13.2 Å². The van der Waals surface area contributed by atoms with Crippen molar-refractivity contribution in [3.05, 3.63) is 41.2 Å². The van der Waals surface area contributed by atoms with Crippen LogP contribution in [0.3, 0.4) is 0 Å². The number of aromatic nitrogens is 2. The maximum atomic E-state index is 13.1. The molecule has 1 aliphatic heterocycles. The number of carbonyl (C=O) groups is 1. The van der Waals surface area contributed by atoms with Gasteiger partial charge in [-0.2, -0.15) is 9.40 Å². The van der Waals surface area contributed by atoms with E-state index in [1.165, 1.54) is 9.87 Å². The SMILES string of the molecule is Cc1nn(C(=O)COc2ccc(C(C)(C)C)cc2)c(C)c1S(=O)(=O)N1CCCCC1. The highest BCUT2D eigenvalue weighted by Crippen LogP contribution is 2.27. The Hall–Kier alpha value is -2.19. The van der Waals surface area contributed by atoms with Gasteiger partial charge in [0, 0.05) is 13.1 Å². The molecule has 7 nitrogen and oxygen atoms in total. The summed E-state index contributed by atoms with van der Waals surface area (Å²) in [6, 6.07) is 7.63. The van der Waals surface area contributed by atoms with Crippen LogP contribution in [0.25, 0.3) is 0 Å². The van der Waals surface area contributed by atoms with Gasteiger partial charge in [-0.05, 0) is 49.8 Å². The predicted octanol–water partition coefficient (Wildman–Crippen LogP) is 3.69. The molecule has 3 rings (SSSR count). The summed E-state index contributed by atoms with van der Waals surface area (Å²) in [6.45, 7) is 10.4. The van der Waals surface area contributed by atoms with Crippen LogP contribution in [-0.2, 0) is 15.4 Å². The van der Waals surface area contributed by atoms with Crippen LogP contribution < -0.4 is 4.74 Å². The number of benzene rings is 1. The molecule has 0 atom stereocenters. The molecule has 0 spiro atoms. The molecule has 0 saturated carbocycles. The molecule has 30 heavy (non-hydrogen) atoms. The van der Waals surface area contributed by atoms with Crippen molar-refractivity contribution in [2.75, 3.05) is 19.7 Å². The van der Waals surface area contributed by atoms with Gasteiger partial charge in [-0.1, -0.05) is 39.3 Å². The summed E-state index contributed by atoms with van der Waals surface area (Å²) < 4.78 is 34.4. The average Bonchev–Trinajstić information content (AvgIpc) is 3.01. The van der Waals surface area contributed by atoms with Gasteiger partial charge in [0.05, 0.1) is 11.4 Å². The van der Waals surface area contributed by atoms with Crippen molar-refractivity contribution < 1.29 is 17.9 Å². The highest BCUT2D eigenvalue weighted by molar-refractivity contribution is 7.89. The fourth-order valence-electron chi connectivity index (χ4n) is 3.74. The highest BCUT2D eigenvalue weighted by atomic mass is 32.2. The van der Waals surface area contributed by atoms with Crippen molar-refractivity contribution in [1.82, 2.24) is 14.1 Å². The number of aryl methyl sites for hydroxylation is 1. The van der Waals surface area contributed by atoms with Crippen LogP contribution in [0.15, 0.2) is 29.2 Å². The second-order valence-electron chi connectivity index (χ2n) is 8.83. The van der Waals surface area contributed by atoms with E-state index >= 15 is 0 Å². The van der Waals surface area contributed by atoms with Crippen molar-refractivity contribution in [1.29, 1.82) is 0 Å². The molecule has 1 saturated heterocycles. The van der Waals surface area contributed by atoms with Crippen LogP contribution in [0.4, 0.5) is 0 Å². The first-order valence-corrected chi connectivity index (χ1v) is 11.8. The largest absolute Gasteiger partial charge is 0.484 e. The van der Waals surface area contributed by atoms with Crippen LogP contribution in [0, 0.1) is 13.8 Å². The van der Waals surface area contributed by atoms with E-state index in [2.05, 4.69) is 25.9 Å². The standard InChI is InChI=1S/C22H31N3O4S/c1-16-21(30(27,28)24-13-7-6-8-14-24)17(2)25(23-16)20(26)15-29-19-11-9-18(10-12-19)22(3,4)5/h9-12H,6-8,13-15H2,1-5H3. The maximum Gasteiger partial charge on any atom is 0.285 e. The molecule has 0 amide bonds. The van der Waals surface area contributed by atoms with Crippen molar-refractivity contribution >= 4 is 15.9 Å². The number of hydrogen-bond acceptors (Lipinski definition) is 5. The van der Waals surface area contributed by atoms with Gasteiger partial charge in [-0.15, -0.1) is 0 Å². The zero-order valence-electron chi connectivity index (χ0n) is 18.4. The normalized spacial score (nSPS) is 15.9. The quantitative estimate of drug-likeness (QED) is 0.718. The Labute approximate surface area is 179 Å². The van der Waals surface area contributed by atoms with E-state index < -0.39 is 15.9 Å². The fraction of sp³-hybridized carbons (Fsp3) is 0.545. The summed E-state index contributed by atoms with van der Waals surface area (Å²) in [6.07, 6.45) is 2.74. The zero-order chi connectivity index (χ0) is 22.1. The molecule has 1 aliphatic rings. The van der Waals surface area contributed by atoms with Crippen molar-refractivity contribution in [3.63, 3.8) is 0 Å². The van der Waals surface area contributed by atoms with Crippen LogP contribution in [0.2, 0.25) is 0 Å². The zero-order valence-corrected chi connectivity index (χ0v) is 19.3. The molecule has 8 heteroatoms. The molecular weight excluding hydrogens is 402 g/mol. The molecule has 2 aromatic rings. The van der Waals surface area contributed by atoms with Crippen LogP contribution in [0.5, 0.6) is 5.75 Å². The second-order valence-corrected chi connectivity index (χ2v) is 10.7. The molecule has 2 heterocycles. The third kappa shape index (κ3) is 4.59. The van der Waals surface area contributed by atoms with Crippen molar-refractivity contribution in [3.8, 4) is 5.75 Å². The minimum absolute atomic E-state index is 0.0360. The van der Waals surface area contributed by atoms with Gasteiger partial charge < -0.3 is 4.74 Å². The lowest BCUT2D eigenvalue weighted by Gasteiger charge is -2.25. The van der Waals surface area contributed by atoms with Gasteiger partial charge in [0.25, 0.3) is 5.91 Å². The van der Waals surface area contributed by atoms with Crippen LogP contribution in [0.1, 0.15) is 61.8 Å². The number of carbonyl (C=O) groups excluding carboxylic acids is 1. The Morgan fingerprint density at radius 1 is 1.07 bits per heavy atom. The van der Waals surface area contributed by atoms with E-state index in [-0.39, 0.29) is 16.9 Å². The molecule has 0 aliphatic carbocycles. The van der Waals surface area contributed by atoms with Gasteiger partial charge in [0.2, 0.25) is 10.0 Å². The predicted molar refractivity (Wildman–Crippen MR) is 116 cm³/mol. The van der Waals surface area contributed by atoms with Gasteiger partial charge in [0.1, 0.15) is 10.6 Å². The van der Waals surface area contributed by atoms with Crippen molar-refractivity contribution in [2.45, 2.75) is 64.2 Å². The monoisotopic (exact) mass is 433 g/mol. The third-order valence-electron chi connectivity index (χ3n) is 5.46. The van der Waals surface area contributed by atoms with Crippen LogP contribution in [-0.4, -0.2) is 48.1 Å². The molecule has 0 N–H and O–H groups in total. The first kappa shape index (κ1) is 22.5. The summed E-state index contributed by atoms with van der Waals surface area (Å²) in [5.41, 5.74) is 1.87. The van der Waals surface area contributed by atoms with Crippen molar-refractivity contribution in [2.24, 2.45) is 0 Å². The van der Waals surface area contributed by atoms with Crippen LogP contribution >= 0.6 is 0 Å². The number of sulfonamides is 1. The Bertz CT molecular complexity index is 1010. The Balaban J connectivity index is 1.75. The summed E-state index contributed by atoms with van der Waals surface area (Å²) in [5, 5.41) is 4.21. The lowest BCUT2D eigenvalue weighted by Crippen LogP contribution is -2.36. The smallest absolute Gasteiger partial charge is 0.285 e. The molecule has 1 aromatic carbocycles. The first-order valence-electron chi connectivity index (χ1n) is 10.3. The maximum absolute atomic E-state index is 13.1. The first-order chi connectivity index (χ1) is 14.0. The number of rotatable bonds is 5. The second kappa shape index (κ2) is 8.51. The lowest BCUT2D eigenvalue weighted by atomic mass is 9.87. The third-order valence-corrected chi connectivity index (χ3v) is 7.61. The Morgan fingerprint density at radius 2 is 1.67 bits per heavy atom. The molecule has 164 valence electrons. The molecule has 1 fully saturated rings. The minimum Gasteiger partial charge on any atom is -0.484 e. The van der Waals surface area contributed by atoms with E-state index in [0.29, 0.717) is 30.2 Å². The summed E-state index contributed by atoms with van der Waals surface area (Å²) in [7, 11) is -3.66. The number of ether oxygens (including phenoxy) is 1. The minimum atomic E-state index is -3.66. The number of nitrogens with zero attached hydrogens (tertiary/aromatic N) is 3. The van der Waals surface area contributed by atoms with Gasteiger partial charge in [0.15, 0.2) is 6.61 Å².